The van der Waals surface area contributed by atoms with Gasteiger partial charge in [0.2, 0.25) is 65.0 Å². The summed E-state index contributed by atoms with van der Waals surface area (Å²) in [5.74, 6) is -14.8. The molecule has 105 heavy (non-hydrogen) atoms. The summed E-state index contributed by atoms with van der Waals surface area (Å²) in [6.07, 6.45) is 6.48. The average molecular weight is 1480 g/mol. The van der Waals surface area contributed by atoms with Gasteiger partial charge in [0.1, 0.15) is 71.9 Å². The number of fused-ring (bicyclic) bond motifs is 23. The molecule has 2 aromatic carbocycles. The zero-order valence-electron chi connectivity index (χ0n) is 61.8. The number of nitrogens with zero attached hydrogens (tertiary/aromatic N) is 1. The molecule has 584 valence electrons. The third kappa shape index (κ3) is 31.5. The number of carboxylic acid groups (broad SMARTS) is 2. The van der Waals surface area contributed by atoms with Crippen molar-refractivity contribution in [1.29, 1.82) is 0 Å². The van der Waals surface area contributed by atoms with Crippen molar-refractivity contribution < 1.29 is 92.3 Å². The van der Waals surface area contributed by atoms with E-state index in [1.807, 2.05) is 0 Å². The number of rotatable bonds is 36. The molecule has 2 bridgehead atoms. The molecular weight excluding hydrogens is 1360 g/mol. The molecule has 0 spiro atoms. The summed E-state index contributed by atoms with van der Waals surface area (Å²) in [4.78, 5) is 196. The van der Waals surface area contributed by atoms with Gasteiger partial charge < -0.3 is 89.4 Å². The number of hydrogen-bond acceptors (Lipinski definition) is 18. The molecule has 3 heterocycles. The van der Waals surface area contributed by atoms with E-state index < -0.39 is 193 Å². The zero-order chi connectivity index (χ0) is 77.9. The Hall–Kier alpha value is -9.26. The Bertz CT molecular complexity index is 3220. The van der Waals surface area contributed by atoms with Crippen LogP contribution in [0.1, 0.15) is 207 Å². The fraction of sp³-hybridized carbons (Fsp3) is 0.649. The van der Waals surface area contributed by atoms with E-state index >= 15 is 0 Å². The minimum Gasteiger partial charge on any atom is -0.508 e. The predicted molar refractivity (Wildman–Crippen MR) is 386 cm³/mol. The summed E-state index contributed by atoms with van der Waals surface area (Å²) < 4.78 is 5.84. The maximum Gasteiger partial charge on any atom is 0.334 e. The molecule has 0 saturated carbocycles. The minimum atomic E-state index is -1.97. The Morgan fingerprint density at radius 3 is 1.70 bits per heavy atom. The third-order valence-electron chi connectivity index (χ3n) is 18.8. The van der Waals surface area contributed by atoms with Gasteiger partial charge in [-0.15, -0.1) is 0 Å². The highest BCUT2D eigenvalue weighted by molar-refractivity contribution is 6.00. The molecule has 2 aromatic rings. The molecule has 0 unspecified atom stereocenters. The first-order chi connectivity index (χ1) is 49.8. The molecule has 3 aliphatic heterocycles. The smallest absolute Gasteiger partial charge is 0.334 e. The maximum atomic E-state index is 14.9. The average Bonchev–Trinajstić information content (AvgIpc) is 1.72. The normalized spacial score (nSPS) is 21.6. The van der Waals surface area contributed by atoms with Crippen molar-refractivity contribution in [3.8, 4) is 11.5 Å². The van der Waals surface area contributed by atoms with Crippen molar-refractivity contribution in [3.63, 3.8) is 0 Å². The number of carbonyl (C=O) groups excluding carboxylic acids is 12. The van der Waals surface area contributed by atoms with Crippen molar-refractivity contribution in [3.05, 3.63) is 59.7 Å². The quantitative estimate of drug-likeness (QED) is 0.0202. The van der Waals surface area contributed by atoms with E-state index in [-0.39, 0.29) is 81.5 Å². The number of nitrogens with one attached hydrogen (secondary N) is 9. The Morgan fingerprint density at radius 2 is 1.12 bits per heavy atom. The number of hydrogen-bond donors (Lipinski definition) is 15. The summed E-state index contributed by atoms with van der Waals surface area (Å²) >= 11 is 0. The van der Waals surface area contributed by atoms with Crippen LogP contribution in [-0.4, -0.2) is 188 Å². The van der Waals surface area contributed by atoms with Crippen molar-refractivity contribution in [2.45, 2.75) is 276 Å². The summed E-state index contributed by atoms with van der Waals surface area (Å²) in [6.45, 7) is 12.0. The number of aliphatic hydroxyl groups excluding tert-OH is 1. The predicted octanol–water partition coefficient (Wildman–Crippen LogP) is 2.60. The number of nitrogens with two attached hydrogens (primary N) is 2. The topological polar surface area (TPSA) is 493 Å². The number of unbranched alkanes of at least 4 members (excludes halogenated alkanes) is 9. The van der Waals surface area contributed by atoms with Crippen molar-refractivity contribution in [2.24, 2.45) is 29.2 Å². The molecule has 31 nitrogen and oxygen atoms in total. The van der Waals surface area contributed by atoms with E-state index in [0.717, 1.165) is 43.9 Å². The highest BCUT2D eigenvalue weighted by Gasteiger charge is 2.42. The first kappa shape index (κ1) is 88.1. The number of benzene rings is 2. The second-order valence-corrected chi connectivity index (χ2v) is 28.4. The van der Waals surface area contributed by atoms with Crippen LogP contribution in [0.2, 0.25) is 0 Å². The van der Waals surface area contributed by atoms with Gasteiger partial charge in [0.15, 0.2) is 0 Å². The van der Waals surface area contributed by atoms with E-state index in [1.54, 1.807) is 27.7 Å². The minimum absolute atomic E-state index is 0.00620. The van der Waals surface area contributed by atoms with Gasteiger partial charge in [-0.2, -0.15) is 0 Å². The van der Waals surface area contributed by atoms with Crippen molar-refractivity contribution in [1.82, 2.24) is 52.8 Å². The highest BCUT2D eigenvalue weighted by Crippen LogP contribution is 2.24. The molecule has 1 saturated heterocycles. The number of carbonyl (C=O) groups is 14. The van der Waals surface area contributed by atoms with E-state index in [0.29, 0.717) is 24.3 Å². The number of carboxylic acids is 2. The first-order valence-electron chi connectivity index (χ1n) is 37.0. The Kier molecular flexibility index (Phi) is 38.5. The summed E-state index contributed by atoms with van der Waals surface area (Å²) in [6, 6.07) is -4.51. The molecule has 1 fully saturated rings. The van der Waals surface area contributed by atoms with E-state index in [1.165, 1.54) is 80.6 Å². The lowest BCUT2D eigenvalue weighted by molar-refractivity contribution is -0.144. The molecular formula is C74H114N12O19. The Morgan fingerprint density at radius 1 is 0.581 bits per heavy atom. The first-order valence-corrected chi connectivity index (χ1v) is 37.0. The Labute approximate surface area is 614 Å². The summed E-state index contributed by atoms with van der Waals surface area (Å²) in [7, 11) is 0. The van der Waals surface area contributed by atoms with Crippen LogP contribution in [0.3, 0.4) is 0 Å². The van der Waals surface area contributed by atoms with Crippen molar-refractivity contribution >= 4 is 82.9 Å². The standard InChI is InChI=1S/C74H114N12O19/c1-8-45(6)63-74(104)105-50-31-27-48(28-32-50)42-56(81-65(95)51(22-19-39-75)78-66(96)52(34-37-60(91)92)77-59(90)24-18-16-14-12-10-9-11-13-15-17-21-43(2)3)70(100)85-64(46(7)87)72(102)80-54(35-38-61(93)94)68(98)83-62(44(4)5)73(103)86-40-20-23-57(86)71(101)79-53(33-36-58(76)89)67(97)82-55(69(99)84-63)41-47-25-29-49(88)30-26-47/h25-32,43-46,51-57,62-64,87-88H,8-24,33-42,75H2,1-7H3,(H2,76,89)(H,77,90)(H,78,96)(H,79,101)(H,80,102)(H,81,95)(H,82,97)(H,83,98)(H,84,99)(H,85,100)(H,91,92)(H,93,94)/t45-,46+,51+,52+,53+,54-,55-,56-,57-,62-,63+,64-/m0/s1. The fourth-order valence-corrected chi connectivity index (χ4v) is 12.3. The lowest BCUT2D eigenvalue weighted by Gasteiger charge is -2.32. The molecule has 5 rings (SSSR count). The van der Waals surface area contributed by atoms with Crippen LogP contribution in [0.5, 0.6) is 11.5 Å². The SMILES string of the molecule is CC[C@H](C)[C@H]1NC(=O)[C@H](Cc2ccc(O)cc2)NC(=O)[C@@H](CCC(N)=O)NC(=O)[C@@H]2CCCN2C(=O)[C@H](C(C)C)NC(=O)[C@H](CCC(=O)O)NC(=O)[C@H]([C@@H](C)O)NC(=O)[C@@H](NC(=O)[C@@H](CCCN)NC(=O)[C@@H](CCC(=O)O)NC(=O)CCCCCCCCCCCCC(C)C)Cc2ccc(cc2)OC1=O. The molecule has 0 radical (unpaired) electrons. The molecule has 0 aromatic heterocycles. The lowest BCUT2D eigenvalue weighted by atomic mass is 9.97. The molecule has 11 amide bonds. The van der Waals surface area contributed by atoms with E-state index in [9.17, 15) is 87.5 Å². The van der Waals surface area contributed by atoms with Crippen LogP contribution < -0.4 is 64.1 Å². The van der Waals surface area contributed by atoms with E-state index in [2.05, 4.69) is 61.7 Å². The Balaban J connectivity index is 1.77. The molecule has 3 aliphatic rings. The van der Waals surface area contributed by atoms with Crippen LogP contribution in [-0.2, 0) is 80.0 Å². The van der Waals surface area contributed by atoms with Crippen molar-refractivity contribution in [2.75, 3.05) is 13.1 Å². The second kappa shape index (κ2) is 45.9. The number of amides is 11. The monoisotopic (exact) mass is 1470 g/mol. The van der Waals surface area contributed by atoms with Crippen LogP contribution in [0.15, 0.2) is 48.5 Å². The summed E-state index contributed by atoms with van der Waals surface area (Å²) in [5.41, 5.74) is 12.1. The van der Waals surface area contributed by atoms with Gasteiger partial charge in [0, 0.05) is 45.1 Å². The van der Waals surface area contributed by atoms with Gasteiger partial charge >= 0.3 is 17.9 Å². The highest BCUT2D eigenvalue weighted by atomic mass is 16.5. The van der Waals surface area contributed by atoms with Gasteiger partial charge in [0.25, 0.3) is 0 Å². The van der Waals surface area contributed by atoms with Crippen LogP contribution >= 0.6 is 0 Å². The number of phenols is 1. The van der Waals surface area contributed by atoms with Crippen LogP contribution in [0, 0.1) is 17.8 Å². The number of aliphatic hydroxyl groups is 1. The number of aromatic hydroxyl groups is 1. The second-order valence-electron chi connectivity index (χ2n) is 28.4. The number of ether oxygens (including phenoxy) is 1. The largest absolute Gasteiger partial charge is 0.508 e. The number of phenolic OH excluding ortho intramolecular Hbond substituents is 1. The van der Waals surface area contributed by atoms with Gasteiger partial charge in [-0.3, -0.25) is 62.3 Å². The van der Waals surface area contributed by atoms with Gasteiger partial charge in [-0.05, 0) is 118 Å². The number of esters is 1. The van der Waals surface area contributed by atoms with E-state index in [4.69, 9.17) is 16.2 Å². The van der Waals surface area contributed by atoms with Crippen LogP contribution in [0.25, 0.3) is 0 Å². The number of primary amides is 1. The lowest BCUT2D eigenvalue weighted by Crippen LogP contribution is -2.62. The van der Waals surface area contributed by atoms with Gasteiger partial charge in [-0.1, -0.05) is 136 Å². The fourth-order valence-electron chi connectivity index (χ4n) is 12.3. The van der Waals surface area contributed by atoms with Crippen LogP contribution in [0.4, 0.5) is 0 Å². The zero-order valence-corrected chi connectivity index (χ0v) is 61.8. The van der Waals surface area contributed by atoms with Gasteiger partial charge in [0.05, 0.1) is 6.10 Å². The third-order valence-corrected chi connectivity index (χ3v) is 18.8. The number of aliphatic carboxylic acids is 2. The molecule has 31 heteroatoms. The molecule has 17 N–H and O–H groups in total. The molecule has 12 atom stereocenters. The van der Waals surface area contributed by atoms with Gasteiger partial charge in [-0.25, -0.2) is 4.79 Å². The molecule has 0 aliphatic carbocycles. The maximum absolute atomic E-state index is 14.9. The summed E-state index contributed by atoms with van der Waals surface area (Å²) in [5, 5.41) is 64.0.